The predicted octanol–water partition coefficient (Wildman–Crippen LogP) is 0.337. The van der Waals surface area contributed by atoms with Crippen LogP contribution in [0.4, 0.5) is 0 Å². The molecule has 0 aliphatic carbocycles. The van der Waals surface area contributed by atoms with Crippen LogP contribution in [0.15, 0.2) is 0 Å². The van der Waals surface area contributed by atoms with Gasteiger partial charge in [0.1, 0.15) is 0 Å². The lowest BCUT2D eigenvalue weighted by Crippen LogP contribution is -2.34. The molecule has 1 fully saturated rings. The molecule has 1 unspecified atom stereocenters. The average molecular weight is 188 g/mol. The number of ether oxygens (including phenoxy) is 2. The topological polar surface area (TPSA) is 55.8 Å². The molecule has 0 aromatic carbocycles. The summed E-state index contributed by atoms with van der Waals surface area (Å²) >= 11 is 0. The summed E-state index contributed by atoms with van der Waals surface area (Å²) < 4.78 is 9.85. The monoisotopic (exact) mass is 188 g/mol. The molecule has 0 aromatic heterocycles. The predicted molar refractivity (Wildman–Crippen MR) is 46.2 cm³/mol. The summed E-state index contributed by atoms with van der Waals surface area (Å²) in [6, 6.07) is 0. The van der Waals surface area contributed by atoms with Gasteiger partial charge in [-0.1, -0.05) is 0 Å². The van der Waals surface area contributed by atoms with Crippen LogP contribution in [0.2, 0.25) is 0 Å². The van der Waals surface area contributed by atoms with E-state index in [0.717, 1.165) is 12.8 Å². The minimum Gasteiger partial charge on any atom is -0.464 e. The third-order valence-corrected chi connectivity index (χ3v) is 2.24. The zero-order valence-corrected chi connectivity index (χ0v) is 7.86. The first-order chi connectivity index (χ1) is 6.25. The molecule has 1 rings (SSSR count). The van der Waals surface area contributed by atoms with E-state index in [2.05, 4.69) is 0 Å². The van der Waals surface area contributed by atoms with Crippen LogP contribution >= 0.6 is 0 Å². The number of esters is 1. The van der Waals surface area contributed by atoms with Crippen molar-refractivity contribution in [3.8, 4) is 0 Å². The second-order valence-electron chi connectivity index (χ2n) is 3.15. The van der Waals surface area contributed by atoms with Gasteiger partial charge < -0.3 is 14.6 Å². The van der Waals surface area contributed by atoms with E-state index in [0.29, 0.717) is 19.8 Å². The molecule has 4 heteroatoms. The Hall–Kier alpha value is -0.610. The van der Waals surface area contributed by atoms with E-state index < -0.39 is 12.1 Å². The fraction of sp³-hybridized carbons (Fsp3) is 0.889. The number of rotatable bonds is 3. The quantitative estimate of drug-likeness (QED) is 0.649. The van der Waals surface area contributed by atoms with Crippen LogP contribution in [-0.2, 0) is 14.3 Å². The highest BCUT2D eigenvalue weighted by atomic mass is 16.5. The summed E-state index contributed by atoms with van der Waals surface area (Å²) in [6.45, 7) is 3.30. The van der Waals surface area contributed by atoms with Crippen LogP contribution in [-0.4, -0.2) is 37.0 Å². The molecule has 1 heterocycles. The third-order valence-electron chi connectivity index (χ3n) is 2.24. The molecule has 1 N–H and O–H groups in total. The Balaban J connectivity index is 2.35. The van der Waals surface area contributed by atoms with Crippen LogP contribution in [0.5, 0.6) is 0 Å². The van der Waals surface area contributed by atoms with Crippen molar-refractivity contribution in [2.45, 2.75) is 25.9 Å². The fourth-order valence-corrected chi connectivity index (χ4v) is 1.45. The first kappa shape index (κ1) is 10.5. The molecule has 13 heavy (non-hydrogen) atoms. The second kappa shape index (κ2) is 5.19. The molecule has 1 aliphatic heterocycles. The van der Waals surface area contributed by atoms with E-state index in [1.807, 2.05) is 0 Å². The maximum Gasteiger partial charge on any atom is 0.335 e. The van der Waals surface area contributed by atoms with Gasteiger partial charge in [-0.2, -0.15) is 0 Å². The molecular weight excluding hydrogens is 172 g/mol. The van der Waals surface area contributed by atoms with Crippen LogP contribution in [0.1, 0.15) is 19.8 Å². The number of aliphatic hydroxyl groups is 1. The van der Waals surface area contributed by atoms with Crippen molar-refractivity contribution in [1.82, 2.24) is 0 Å². The summed E-state index contributed by atoms with van der Waals surface area (Å²) in [6.07, 6.45) is 0.504. The van der Waals surface area contributed by atoms with Crippen molar-refractivity contribution in [1.29, 1.82) is 0 Å². The van der Waals surface area contributed by atoms with Crippen molar-refractivity contribution in [2.75, 3.05) is 19.8 Å². The second-order valence-corrected chi connectivity index (χ2v) is 3.15. The molecule has 0 radical (unpaired) electrons. The molecule has 1 atom stereocenters. The van der Waals surface area contributed by atoms with E-state index in [4.69, 9.17) is 9.47 Å². The van der Waals surface area contributed by atoms with E-state index >= 15 is 0 Å². The van der Waals surface area contributed by atoms with Crippen LogP contribution < -0.4 is 0 Å². The van der Waals surface area contributed by atoms with Crippen molar-refractivity contribution in [3.05, 3.63) is 0 Å². The Kier molecular flexibility index (Phi) is 4.18. The van der Waals surface area contributed by atoms with Crippen LogP contribution in [0.3, 0.4) is 0 Å². The molecule has 0 saturated carbocycles. The summed E-state index contributed by atoms with van der Waals surface area (Å²) in [5.74, 6) is -0.498. The van der Waals surface area contributed by atoms with Crippen LogP contribution in [0, 0.1) is 5.92 Å². The molecule has 76 valence electrons. The van der Waals surface area contributed by atoms with Crippen molar-refractivity contribution in [2.24, 2.45) is 5.92 Å². The largest absolute Gasteiger partial charge is 0.464 e. The molecule has 0 spiro atoms. The average Bonchev–Trinajstić information content (AvgIpc) is 2.18. The Labute approximate surface area is 77.8 Å². The Morgan fingerprint density at radius 1 is 1.62 bits per heavy atom. The maximum atomic E-state index is 11.1. The summed E-state index contributed by atoms with van der Waals surface area (Å²) in [5.41, 5.74) is 0. The molecule has 0 bridgehead atoms. The number of carbonyl (C=O) groups is 1. The van der Waals surface area contributed by atoms with Crippen molar-refractivity contribution < 1.29 is 19.4 Å². The zero-order chi connectivity index (χ0) is 9.68. The van der Waals surface area contributed by atoms with Gasteiger partial charge in [0.05, 0.1) is 6.61 Å². The maximum absolute atomic E-state index is 11.1. The lowest BCUT2D eigenvalue weighted by Gasteiger charge is -2.25. The molecular formula is C9H16O4. The number of aliphatic hydroxyl groups excluding tert-OH is 1. The van der Waals surface area contributed by atoms with E-state index in [1.165, 1.54) is 0 Å². The minimum absolute atomic E-state index is 0.00722. The minimum atomic E-state index is -0.969. The van der Waals surface area contributed by atoms with Gasteiger partial charge in [0.15, 0.2) is 6.10 Å². The molecule has 1 aliphatic rings. The van der Waals surface area contributed by atoms with Gasteiger partial charge in [0.2, 0.25) is 0 Å². The first-order valence-electron chi connectivity index (χ1n) is 4.68. The lowest BCUT2D eigenvalue weighted by atomic mass is 9.94. The fourth-order valence-electron chi connectivity index (χ4n) is 1.45. The smallest absolute Gasteiger partial charge is 0.335 e. The third kappa shape index (κ3) is 2.97. The first-order valence-corrected chi connectivity index (χ1v) is 4.68. The molecule has 0 aromatic rings. The lowest BCUT2D eigenvalue weighted by molar-refractivity contribution is -0.157. The number of carbonyl (C=O) groups excluding carboxylic acids is 1. The number of hydrogen-bond acceptors (Lipinski definition) is 4. The molecule has 0 amide bonds. The molecule has 4 nitrogen and oxygen atoms in total. The van der Waals surface area contributed by atoms with Gasteiger partial charge in [-0.3, -0.25) is 0 Å². The molecule has 1 saturated heterocycles. The van der Waals surface area contributed by atoms with E-state index in [9.17, 15) is 9.90 Å². The Morgan fingerprint density at radius 2 is 2.23 bits per heavy atom. The normalized spacial score (nSPS) is 21.1. The highest BCUT2D eigenvalue weighted by molar-refractivity contribution is 5.74. The number of hydrogen-bond donors (Lipinski definition) is 1. The van der Waals surface area contributed by atoms with Gasteiger partial charge in [0.25, 0.3) is 0 Å². The SMILES string of the molecule is CCOC(=O)C(O)C1CCOCC1. The summed E-state index contributed by atoms with van der Waals surface area (Å²) in [5, 5.41) is 9.54. The van der Waals surface area contributed by atoms with Crippen molar-refractivity contribution in [3.63, 3.8) is 0 Å². The Morgan fingerprint density at radius 3 is 2.77 bits per heavy atom. The van der Waals surface area contributed by atoms with Crippen molar-refractivity contribution >= 4 is 5.97 Å². The summed E-state index contributed by atoms with van der Waals surface area (Å²) in [4.78, 5) is 11.1. The van der Waals surface area contributed by atoms with Gasteiger partial charge in [-0.05, 0) is 25.7 Å². The zero-order valence-electron chi connectivity index (χ0n) is 7.86. The van der Waals surface area contributed by atoms with Gasteiger partial charge >= 0.3 is 5.97 Å². The standard InChI is InChI=1S/C9H16O4/c1-2-13-9(11)8(10)7-3-5-12-6-4-7/h7-8,10H,2-6H2,1H3. The Bertz CT molecular complexity index is 163. The highest BCUT2D eigenvalue weighted by Gasteiger charge is 2.28. The van der Waals surface area contributed by atoms with E-state index in [1.54, 1.807) is 6.92 Å². The van der Waals surface area contributed by atoms with Gasteiger partial charge in [-0.15, -0.1) is 0 Å². The summed E-state index contributed by atoms with van der Waals surface area (Å²) in [7, 11) is 0. The van der Waals surface area contributed by atoms with Gasteiger partial charge in [0, 0.05) is 13.2 Å². The van der Waals surface area contributed by atoms with E-state index in [-0.39, 0.29) is 5.92 Å². The van der Waals surface area contributed by atoms with Gasteiger partial charge in [-0.25, -0.2) is 4.79 Å². The highest BCUT2D eigenvalue weighted by Crippen LogP contribution is 2.19. The van der Waals surface area contributed by atoms with Crippen LogP contribution in [0.25, 0.3) is 0 Å².